The van der Waals surface area contributed by atoms with Crippen LogP contribution in [0.5, 0.6) is 5.75 Å². The average Bonchev–Trinajstić information content (AvgIpc) is 2.39. The lowest BCUT2D eigenvalue weighted by molar-refractivity contribution is 0.170. The molecule has 1 aromatic rings. The third-order valence-corrected chi connectivity index (χ3v) is 3.13. The molecule has 5 heteroatoms. The molecule has 0 aliphatic heterocycles. The number of benzene rings is 1. The summed E-state index contributed by atoms with van der Waals surface area (Å²) in [6.45, 7) is 4.78. The van der Waals surface area contributed by atoms with Gasteiger partial charge < -0.3 is 15.2 Å². The van der Waals surface area contributed by atoms with Gasteiger partial charge in [-0.3, -0.25) is 0 Å². The molecule has 0 aliphatic carbocycles. The number of rotatable bonds is 8. The van der Waals surface area contributed by atoms with E-state index < -0.39 is 11.6 Å². The van der Waals surface area contributed by atoms with E-state index in [9.17, 15) is 8.78 Å². The van der Waals surface area contributed by atoms with Gasteiger partial charge in [0, 0.05) is 26.2 Å². The van der Waals surface area contributed by atoms with Gasteiger partial charge >= 0.3 is 0 Å². The van der Waals surface area contributed by atoms with Gasteiger partial charge in [0.1, 0.15) is 0 Å². The molecule has 0 bridgehead atoms. The van der Waals surface area contributed by atoms with Gasteiger partial charge in [-0.2, -0.15) is 4.39 Å². The highest BCUT2D eigenvalue weighted by Crippen LogP contribution is 2.23. The number of methoxy groups -OCH3 is 1. The molecule has 0 spiro atoms. The van der Waals surface area contributed by atoms with Gasteiger partial charge in [0.2, 0.25) is 5.82 Å². The van der Waals surface area contributed by atoms with Crippen LogP contribution < -0.4 is 10.5 Å². The highest BCUT2D eigenvalue weighted by molar-refractivity contribution is 5.32. The van der Waals surface area contributed by atoms with Crippen LogP contribution in [0, 0.1) is 17.6 Å². The van der Waals surface area contributed by atoms with Crippen molar-refractivity contribution in [2.24, 2.45) is 11.7 Å². The second-order valence-electron chi connectivity index (χ2n) is 5.20. The highest BCUT2D eigenvalue weighted by atomic mass is 19.2. The van der Waals surface area contributed by atoms with Crippen molar-refractivity contribution in [3.63, 3.8) is 0 Å². The smallest absolute Gasteiger partial charge is 0.200 e. The highest BCUT2D eigenvalue weighted by Gasteiger charge is 2.15. The molecule has 1 rings (SSSR count). The maximum atomic E-state index is 13.6. The van der Waals surface area contributed by atoms with E-state index in [1.54, 1.807) is 7.11 Å². The summed E-state index contributed by atoms with van der Waals surface area (Å²) in [5.74, 6) is -1.65. The van der Waals surface area contributed by atoms with Crippen molar-refractivity contribution in [2.75, 3.05) is 20.3 Å². The van der Waals surface area contributed by atoms with Gasteiger partial charge in [-0.05, 0) is 30.0 Å². The number of nitrogens with two attached hydrogens (primary N) is 1. The SMILES string of the molecule is COCCCOc1cc(C[C@@H](N)C(C)C)cc(F)c1F. The Labute approximate surface area is 119 Å². The van der Waals surface area contributed by atoms with Gasteiger partial charge in [0.15, 0.2) is 11.6 Å². The Balaban J connectivity index is 2.75. The molecule has 0 aliphatic rings. The molecule has 2 N–H and O–H groups in total. The van der Waals surface area contributed by atoms with Crippen LogP contribution in [0.2, 0.25) is 0 Å². The summed E-state index contributed by atoms with van der Waals surface area (Å²) in [5, 5.41) is 0. The van der Waals surface area contributed by atoms with E-state index >= 15 is 0 Å². The number of hydrogen-bond acceptors (Lipinski definition) is 3. The lowest BCUT2D eigenvalue weighted by atomic mass is 9.97. The van der Waals surface area contributed by atoms with Crippen LogP contribution in [-0.4, -0.2) is 26.4 Å². The number of hydrogen-bond donors (Lipinski definition) is 1. The molecule has 0 unspecified atom stereocenters. The Kier molecular flexibility index (Phi) is 6.88. The molecule has 0 heterocycles. The van der Waals surface area contributed by atoms with Crippen LogP contribution in [0.25, 0.3) is 0 Å². The Bertz CT molecular complexity index is 425. The van der Waals surface area contributed by atoms with Crippen LogP contribution in [-0.2, 0) is 11.2 Å². The molecule has 3 nitrogen and oxygen atoms in total. The van der Waals surface area contributed by atoms with Crippen molar-refractivity contribution in [1.29, 1.82) is 0 Å². The first-order chi connectivity index (χ1) is 9.45. The molecule has 0 aromatic heterocycles. The van der Waals surface area contributed by atoms with Gasteiger partial charge in [-0.1, -0.05) is 13.8 Å². The summed E-state index contributed by atoms with van der Waals surface area (Å²) in [6.07, 6.45) is 1.11. The first kappa shape index (κ1) is 16.9. The minimum Gasteiger partial charge on any atom is -0.490 e. The Morgan fingerprint density at radius 3 is 2.50 bits per heavy atom. The molecule has 1 aromatic carbocycles. The Hall–Kier alpha value is -1.20. The van der Waals surface area contributed by atoms with Crippen molar-refractivity contribution in [3.8, 4) is 5.75 Å². The molecular formula is C15H23F2NO2. The van der Waals surface area contributed by atoms with Crippen LogP contribution in [0.1, 0.15) is 25.8 Å². The van der Waals surface area contributed by atoms with Crippen LogP contribution in [0.3, 0.4) is 0 Å². The first-order valence-corrected chi connectivity index (χ1v) is 6.81. The fourth-order valence-electron chi connectivity index (χ4n) is 1.73. The maximum absolute atomic E-state index is 13.6. The fourth-order valence-corrected chi connectivity index (χ4v) is 1.73. The summed E-state index contributed by atoms with van der Waals surface area (Å²) in [7, 11) is 1.58. The summed E-state index contributed by atoms with van der Waals surface area (Å²) in [5.41, 5.74) is 6.60. The topological polar surface area (TPSA) is 44.5 Å². The molecule has 0 saturated heterocycles. The molecule has 114 valence electrons. The summed E-state index contributed by atoms with van der Waals surface area (Å²) in [6, 6.07) is 2.61. The number of ether oxygens (including phenoxy) is 2. The van der Waals surface area contributed by atoms with E-state index in [1.807, 2.05) is 13.8 Å². The standard InChI is InChI=1S/C15H23F2NO2/c1-10(2)13(18)8-11-7-12(16)15(17)14(9-11)20-6-4-5-19-3/h7,9-10,13H,4-6,8,18H2,1-3H3/t13-/m1/s1. The maximum Gasteiger partial charge on any atom is 0.200 e. The summed E-state index contributed by atoms with van der Waals surface area (Å²) < 4.78 is 37.3. The van der Waals surface area contributed by atoms with Gasteiger partial charge in [-0.15, -0.1) is 0 Å². The van der Waals surface area contributed by atoms with E-state index in [0.717, 1.165) is 0 Å². The molecule has 1 atom stereocenters. The fraction of sp³-hybridized carbons (Fsp3) is 0.600. The van der Waals surface area contributed by atoms with E-state index in [1.165, 1.54) is 12.1 Å². The lowest BCUT2D eigenvalue weighted by Gasteiger charge is -2.16. The third kappa shape index (κ3) is 5.06. The summed E-state index contributed by atoms with van der Waals surface area (Å²) >= 11 is 0. The minimum absolute atomic E-state index is 0.0629. The predicted molar refractivity (Wildman–Crippen MR) is 74.9 cm³/mol. The van der Waals surface area contributed by atoms with Gasteiger partial charge in [0.05, 0.1) is 6.61 Å². The zero-order valence-electron chi connectivity index (χ0n) is 12.3. The Morgan fingerprint density at radius 1 is 1.20 bits per heavy atom. The van der Waals surface area contributed by atoms with Gasteiger partial charge in [0.25, 0.3) is 0 Å². The second-order valence-corrected chi connectivity index (χ2v) is 5.20. The van der Waals surface area contributed by atoms with Crippen molar-refractivity contribution in [3.05, 3.63) is 29.3 Å². The largest absolute Gasteiger partial charge is 0.490 e. The van der Waals surface area contributed by atoms with Crippen molar-refractivity contribution in [1.82, 2.24) is 0 Å². The Morgan fingerprint density at radius 2 is 1.90 bits per heavy atom. The number of halogens is 2. The third-order valence-electron chi connectivity index (χ3n) is 3.13. The van der Waals surface area contributed by atoms with Crippen LogP contribution in [0.4, 0.5) is 8.78 Å². The molecular weight excluding hydrogens is 264 g/mol. The monoisotopic (exact) mass is 287 g/mol. The van der Waals surface area contributed by atoms with E-state index in [4.69, 9.17) is 15.2 Å². The van der Waals surface area contributed by atoms with Crippen molar-refractivity contribution in [2.45, 2.75) is 32.7 Å². The van der Waals surface area contributed by atoms with Crippen molar-refractivity contribution < 1.29 is 18.3 Å². The van der Waals surface area contributed by atoms with Crippen molar-refractivity contribution >= 4 is 0 Å². The van der Waals surface area contributed by atoms with Crippen LogP contribution in [0.15, 0.2) is 12.1 Å². The summed E-state index contributed by atoms with van der Waals surface area (Å²) in [4.78, 5) is 0. The molecule has 0 saturated carbocycles. The van der Waals surface area contributed by atoms with E-state index in [2.05, 4.69) is 0 Å². The molecule has 0 amide bonds. The van der Waals surface area contributed by atoms with Crippen LogP contribution >= 0.6 is 0 Å². The quantitative estimate of drug-likeness (QED) is 0.748. The van der Waals surface area contributed by atoms with Gasteiger partial charge in [-0.25, -0.2) is 4.39 Å². The second kappa shape index (κ2) is 8.17. The molecule has 0 fully saturated rings. The normalized spacial score (nSPS) is 12.8. The van der Waals surface area contributed by atoms with E-state index in [-0.39, 0.29) is 24.3 Å². The average molecular weight is 287 g/mol. The first-order valence-electron chi connectivity index (χ1n) is 6.81. The predicted octanol–water partition coefficient (Wildman–Crippen LogP) is 2.91. The lowest BCUT2D eigenvalue weighted by Crippen LogP contribution is -2.28. The minimum atomic E-state index is -0.954. The zero-order valence-corrected chi connectivity index (χ0v) is 12.3. The zero-order chi connectivity index (χ0) is 15.1. The molecule has 0 radical (unpaired) electrons. The molecule has 20 heavy (non-hydrogen) atoms. The van der Waals surface area contributed by atoms with E-state index in [0.29, 0.717) is 25.0 Å².